The predicted octanol–water partition coefficient (Wildman–Crippen LogP) is 15.9. The van der Waals surface area contributed by atoms with Gasteiger partial charge in [0.1, 0.15) is 0 Å². The van der Waals surface area contributed by atoms with Gasteiger partial charge in [0.15, 0.2) is 0 Å². The van der Waals surface area contributed by atoms with E-state index in [-0.39, 0.29) is 10.8 Å². The second kappa shape index (κ2) is 13.4. The molecule has 1 nitrogen and oxygen atoms in total. The number of fused-ring (bicyclic) bond motifs is 7. The van der Waals surface area contributed by atoms with Gasteiger partial charge in [-0.25, -0.2) is 0 Å². The van der Waals surface area contributed by atoms with Crippen LogP contribution in [0.3, 0.4) is 0 Å². The van der Waals surface area contributed by atoms with Crippen LogP contribution < -0.4 is 4.90 Å². The first kappa shape index (κ1) is 35.9. The zero-order chi connectivity index (χ0) is 39.9. The number of anilines is 3. The van der Waals surface area contributed by atoms with Gasteiger partial charge >= 0.3 is 0 Å². The van der Waals surface area contributed by atoms with Gasteiger partial charge < -0.3 is 4.90 Å². The van der Waals surface area contributed by atoms with Crippen molar-refractivity contribution < 1.29 is 0 Å². The van der Waals surface area contributed by atoms with Gasteiger partial charge in [0.2, 0.25) is 0 Å². The van der Waals surface area contributed by atoms with Crippen molar-refractivity contribution in [1.29, 1.82) is 0 Å². The largest absolute Gasteiger partial charge is 0.308 e. The molecule has 59 heavy (non-hydrogen) atoms. The van der Waals surface area contributed by atoms with Crippen molar-refractivity contribution in [2.45, 2.75) is 56.8 Å². The second-order valence-electron chi connectivity index (χ2n) is 17.9. The third kappa shape index (κ3) is 5.43. The van der Waals surface area contributed by atoms with Crippen molar-refractivity contribution in [3.05, 3.63) is 221 Å². The summed E-state index contributed by atoms with van der Waals surface area (Å²) in [6.45, 7) is 9.73. The highest BCUT2D eigenvalue weighted by Gasteiger charge is 2.47. The SMILES string of the molecule is CC1(C)CCC(C)(C)c2cc(-c3cc4c(cc3N(c3ccccc3)c3cccc5c3sc3ccccc35)C(c3ccccc3)(c3ccccc3)c3ccccc3-4)ccc21. The van der Waals surface area contributed by atoms with Gasteiger partial charge in [-0.05, 0) is 110 Å². The van der Waals surface area contributed by atoms with Crippen LogP contribution >= 0.6 is 11.3 Å². The Labute approximate surface area is 352 Å². The maximum absolute atomic E-state index is 2.57. The van der Waals surface area contributed by atoms with Gasteiger partial charge in [-0.2, -0.15) is 0 Å². The van der Waals surface area contributed by atoms with Gasteiger partial charge in [0.25, 0.3) is 0 Å². The number of benzene rings is 8. The van der Waals surface area contributed by atoms with E-state index >= 15 is 0 Å². The van der Waals surface area contributed by atoms with E-state index in [4.69, 9.17) is 0 Å². The van der Waals surface area contributed by atoms with Crippen molar-refractivity contribution in [2.24, 2.45) is 0 Å². The Bertz CT molecular complexity index is 3010. The summed E-state index contributed by atoms with van der Waals surface area (Å²) in [6, 6.07) is 70.8. The van der Waals surface area contributed by atoms with E-state index in [2.05, 4.69) is 221 Å². The zero-order valence-electron chi connectivity index (χ0n) is 34.2. The molecule has 2 aliphatic carbocycles. The third-order valence-corrected chi connectivity index (χ3v) is 14.8. The minimum absolute atomic E-state index is 0.0713. The Morgan fingerprint density at radius 3 is 1.76 bits per heavy atom. The average Bonchev–Trinajstić information content (AvgIpc) is 3.80. The lowest BCUT2D eigenvalue weighted by Crippen LogP contribution is -2.33. The molecular weight excluding hydrogens is 731 g/mol. The Hall–Kier alpha value is -6.22. The minimum atomic E-state index is -0.532. The number of hydrogen-bond donors (Lipinski definition) is 0. The number of para-hydroxylation sites is 1. The fraction of sp³-hybridized carbons (Fsp3) is 0.158. The molecule has 0 radical (unpaired) electrons. The summed E-state index contributed by atoms with van der Waals surface area (Å²) >= 11 is 1.89. The standard InChI is InChI=1S/C57H47NS/c1-55(2)33-34-56(3,4)50-35-38(31-32-48(50)55)45-36-46-42-25-14-16-28-47(42)57(39-19-8-5-9-20-39,40-21-10-6-11-22-40)49(46)37-52(45)58(41-23-12-7-13-24-41)51-29-18-27-44-43-26-15-17-30-53(43)59-54(44)51/h5-32,35-37H,33-34H2,1-4H3. The van der Waals surface area contributed by atoms with E-state index in [9.17, 15) is 0 Å². The molecule has 9 aromatic rings. The fourth-order valence-corrected chi connectivity index (χ4v) is 11.7. The van der Waals surface area contributed by atoms with Crippen molar-refractivity contribution in [3.8, 4) is 22.3 Å². The van der Waals surface area contributed by atoms with Gasteiger partial charge in [-0.3, -0.25) is 0 Å². The molecule has 0 amide bonds. The first-order chi connectivity index (χ1) is 28.8. The van der Waals surface area contributed by atoms with E-state index in [1.807, 2.05) is 11.3 Å². The molecule has 0 spiro atoms. The van der Waals surface area contributed by atoms with Gasteiger partial charge in [0, 0.05) is 26.7 Å². The van der Waals surface area contributed by atoms with Crippen molar-refractivity contribution >= 4 is 48.6 Å². The third-order valence-electron chi connectivity index (χ3n) is 13.6. The fourth-order valence-electron chi connectivity index (χ4n) is 10.5. The Morgan fingerprint density at radius 2 is 1.03 bits per heavy atom. The Balaban J connectivity index is 1.29. The first-order valence-electron chi connectivity index (χ1n) is 21.1. The molecule has 0 bridgehead atoms. The molecule has 8 aromatic carbocycles. The van der Waals surface area contributed by atoms with E-state index in [1.165, 1.54) is 100 Å². The molecule has 1 aromatic heterocycles. The molecule has 0 unspecified atom stereocenters. The first-order valence-corrected chi connectivity index (χ1v) is 21.9. The van der Waals surface area contributed by atoms with Crippen LogP contribution in [0.5, 0.6) is 0 Å². The lowest BCUT2D eigenvalue weighted by Gasteiger charge is -2.42. The highest BCUT2D eigenvalue weighted by molar-refractivity contribution is 7.26. The van der Waals surface area contributed by atoms with Gasteiger partial charge in [-0.1, -0.05) is 179 Å². The maximum atomic E-state index is 2.57. The molecule has 0 N–H and O–H groups in total. The molecule has 0 fully saturated rings. The quantitative estimate of drug-likeness (QED) is 0.163. The smallest absolute Gasteiger partial charge is 0.0714 e. The summed E-state index contributed by atoms with van der Waals surface area (Å²) in [5.41, 5.74) is 16.4. The van der Waals surface area contributed by atoms with Crippen LogP contribution in [0.15, 0.2) is 188 Å². The highest BCUT2D eigenvalue weighted by atomic mass is 32.1. The van der Waals surface area contributed by atoms with Crippen LogP contribution in [0.25, 0.3) is 42.4 Å². The van der Waals surface area contributed by atoms with Gasteiger partial charge in [0.05, 0.1) is 21.5 Å². The van der Waals surface area contributed by atoms with E-state index < -0.39 is 5.41 Å². The minimum Gasteiger partial charge on any atom is -0.308 e. The number of nitrogens with zero attached hydrogens (tertiary/aromatic N) is 1. The Kier molecular flexibility index (Phi) is 8.16. The van der Waals surface area contributed by atoms with Crippen LogP contribution in [-0.4, -0.2) is 0 Å². The molecule has 2 aliphatic rings. The van der Waals surface area contributed by atoms with E-state index in [0.717, 1.165) is 5.69 Å². The summed E-state index contributed by atoms with van der Waals surface area (Å²) < 4.78 is 2.59. The number of rotatable bonds is 6. The van der Waals surface area contributed by atoms with Crippen LogP contribution in [-0.2, 0) is 16.2 Å². The van der Waals surface area contributed by atoms with Crippen molar-refractivity contribution in [3.63, 3.8) is 0 Å². The lowest BCUT2D eigenvalue weighted by molar-refractivity contribution is 0.332. The number of thiophene rings is 1. The van der Waals surface area contributed by atoms with E-state index in [0.29, 0.717) is 0 Å². The highest BCUT2D eigenvalue weighted by Crippen LogP contribution is 2.60. The van der Waals surface area contributed by atoms with Crippen molar-refractivity contribution in [1.82, 2.24) is 0 Å². The molecular formula is C57H47NS. The van der Waals surface area contributed by atoms with Crippen LogP contribution in [0.2, 0.25) is 0 Å². The predicted molar refractivity (Wildman–Crippen MR) is 252 cm³/mol. The molecule has 0 aliphatic heterocycles. The summed E-state index contributed by atoms with van der Waals surface area (Å²) in [4.78, 5) is 2.56. The topological polar surface area (TPSA) is 3.24 Å². The Morgan fingerprint density at radius 1 is 0.424 bits per heavy atom. The molecule has 1 heterocycles. The molecule has 0 saturated carbocycles. The van der Waals surface area contributed by atoms with Crippen LogP contribution in [0.1, 0.15) is 73.9 Å². The molecule has 286 valence electrons. The second-order valence-corrected chi connectivity index (χ2v) is 18.9. The summed E-state index contributed by atoms with van der Waals surface area (Å²) in [5.74, 6) is 0. The van der Waals surface area contributed by atoms with Crippen molar-refractivity contribution in [2.75, 3.05) is 4.90 Å². The monoisotopic (exact) mass is 777 g/mol. The summed E-state index contributed by atoms with van der Waals surface area (Å²) in [6.07, 6.45) is 2.36. The summed E-state index contributed by atoms with van der Waals surface area (Å²) in [5, 5.41) is 2.60. The number of hydrogen-bond acceptors (Lipinski definition) is 2. The van der Waals surface area contributed by atoms with E-state index in [1.54, 1.807) is 0 Å². The van der Waals surface area contributed by atoms with Crippen LogP contribution in [0, 0.1) is 0 Å². The van der Waals surface area contributed by atoms with Gasteiger partial charge in [-0.15, -0.1) is 11.3 Å². The zero-order valence-corrected chi connectivity index (χ0v) is 35.0. The molecule has 0 saturated heterocycles. The normalized spacial score (nSPS) is 15.7. The maximum Gasteiger partial charge on any atom is 0.0714 e. The summed E-state index contributed by atoms with van der Waals surface area (Å²) in [7, 11) is 0. The molecule has 11 rings (SSSR count). The average molecular weight is 778 g/mol. The molecule has 0 atom stereocenters. The lowest BCUT2D eigenvalue weighted by atomic mass is 9.63. The van der Waals surface area contributed by atoms with Crippen LogP contribution in [0.4, 0.5) is 17.1 Å². The molecule has 2 heteroatoms.